The zero-order chi connectivity index (χ0) is 18.7. The third kappa shape index (κ3) is 3.87. The van der Waals surface area contributed by atoms with Crippen molar-refractivity contribution in [1.29, 1.82) is 0 Å². The van der Waals surface area contributed by atoms with Crippen molar-refractivity contribution in [2.75, 3.05) is 0 Å². The second-order valence-electron chi connectivity index (χ2n) is 6.79. The van der Waals surface area contributed by atoms with Crippen LogP contribution in [0, 0.1) is 19.8 Å². The molecule has 0 spiro atoms. The number of hydrogen-bond donors (Lipinski definition) is 2. The molecule has 0 saturated heterocycles. The second-order valence-corrected chi connectivity index (χ2v) is 6.79. The molecule has 138 valence electrons. The lowest BCUT2D eigenvalue weighted by Crippen LogP contribution is -2.59. The first-order valence-electron chi connectivity index (χ1n) is 8.63. The Bertz CT molecular complexity index is 798. The highest BCUT2D eigenvalue weighted by Crippen LogP contribution is 2.41. The van der Waals surface area contributed by atoms with Gasteiger partial charge in [0.2, 0.25) is 0 Å². The van der Waals surface area contributed by atoms with Crippen LogP contribution in [-0.4, -0.2) is 32.3 Å². The Kier molecular flexibility index (Phi) is 4.97. The summed E-state index contributed by atoms with van der Waals surface area (Å²) in [4.78, 5) is 28.8. The topological polar surface area (TPSA) is 93.5 Å². The summed E-state index contributed by atoms with van der Waals surface area (Å²) in [5, 5.41) is 12.6. The van der Waals surface area contributed by atoms with Crippen molar-refractivity contribution in [3.8, 4) is 0 Å². The quantitative estimate of drug-likeness (QED) is 0.795. The summed E-state index contributed by atoms with van der Waals surface area (Å²) in [6.45, 7) is 3.89. The van der Waals surface area contributed by atoms with Crippen molar-refractivity contribution < 1.29 is 19.4 Å². The SMILES string of the molecule is Cc1cn(CC(NC(=O)OCc2ccccc2)(C(=O)O)C2CC2)c(C)n1. The molecule has 0 aliphatic heterocycles. The highest BCUT2D eigenvalue weighted by Gasteiger charge is 2.53. The summed E-state index contributed by atoms with van der Waals surface area (Å²) < 4.78 is 7.02. The van der Waals surface area contributed by atoms with Crippen LogP contribution in [0.3, 0.4) is 0 Å². The first kappa shape index (κ1) is 18.0. The fourth-order valence-corrected chi connectivity index (χ4v) is 3.18. The van der Waals surface area contributed by atoms with Gasteiger partial charge in [-0.2, -0.15) is 0 Å². The molecule has 7 heteroatoms. The molecule has 1 fully saturated rings. The lowest BCUT2D eigenvalue weighted by molar-refractivity contribution is -0.146. The van der Waals surface area contributed by atoms with Gasteiger partial charge in [-0.25, -0.2) is 14.6 Å². The van der Waals surface area contributed by atoms with Gasteiger partial charge in [-0.15, -0.1) is 0 Å². The number of benzene rings is 1. The van der Waals surface area contributed by atoms with E-state index in [1.54, 1.807) is 10.8 Å². The lowest BCUT2D eigenvalue weighted by atomic mass is 9.93. The highest BCUT2D eigenvalue weighted by atomic mass is 16.5. The molecule has 1 aliphatic rings. The van der Waals surface area contributed by atoms with Gasteiger partial charge in [0.1, 0.15) is 12.4 Å². The average molecular weight is 357 g/mol. The summed E-state index contributed by atoms with van der Waals surface area (Å²) in [6, 6.07) is 9.27. The molecule has 1 aliphatic carbocycles. The van der Waals surface area contributed by atoms with Crippen LogP contribution in [0.1, 0.15) is 29.9 Å². The maximum Gasteiger partial charge on any atom is 0.408 e. The molecular formula is C19H23N3O4. The molecule has 1 unspecified atom stereocenters. The smallest absolute Gasteiger partial charge is 0.408 e. The molecule has 1 heterocycles. The van der Waals surface area contributed by atoms with E-state index >= 15 is 0 Å². The van der Waals surface area contributed by atoms with Gasteiger partial charge in [-0.1, -0.05) is 30.3 Å². The summed E-state index contributed by atoms with van der Waals surface area (Å²) in [5.41, 5.74) is 0.256. The molecule has 3 rings (SSSR count). The fraction of sp³-hybridized carbons (Fsp3) is 0.421. The third-order valence-electron chi connectivity index (χ3n) is 4.71. The van der Waals surface area contributed by atoms with Crippen molar-refractivity contribution >= 4 is 12.1 Å². The number of carbonyl (C=O) groups is 2. The standard InChI is InChI=1S/C19H23N3O4/c1-13-10-22(14(2)20-13)12-19(17(23)24,16-8-9-16)21-18(25)26-11-15-6-4-3-5-7-15/h3-7,10,16H,8-9,11-12H2,1-2H3,(H,21,25)(H,23,24). The number of imidazole rings is 1. The molecule has 1 atom stereocenters. The predicted molar refractivity (Wildman–Crippen MR) is 94.6 cm³/mol. The Morgan fingerprint density at radius 2 is 2.00 bits per heavy atom. The average Bonchev–Trinajstić information content (AvgIpc) is 3.40. The number of nitrogens with one attached hydrogen (secondary N) is 1. The molecule has 7 nitrogen and oxygen atoms in total. The first-order chi connectivity index (χ1) is 12.4. The van der Waals surface area contributed by atoms with Crippen LogP contribution in [-0.2, 0) is 22.7 Å². The molecule has 2 N–H and O–H groups in total. The van der Waals surface area contributed by atoms with Crippen LogP contribution >= 0.6 is 0 Å². The number of carbonyl (C=O) groups excluding carboxylic acids is 1. The van der Waals surface area contributed by atoms with Gasteiger partial charge in [-0.05, 0) is 38.2 Å². The minimum absolute atomic E-state index is 0.0935. The maximum atomic E-state index is 12.3. The van der Waals surface area contributed by atoms with Gasteiger partial charge in [-0.3, -0.25) is 0 Å². The van der Waals surface area contributed by atoms with Gasteiger partial charge < -0.3 is 19.7 Å². The van der Waals surface area contributed by atoms with Gasteiger partial charge in [0.15, 0.2) is 5.54 Å². The van der Waals surface area contributed by atoms with E-state index in [1.165, 1.54) is 0 Å². The number of carboxylic acids is 1. The van der Waals surface area contributed by atoms with Crippen molar-refractivity contribution in [3.63, 3.8) is 0 Å². The van der Waals surface area contributed by atoms with E-state index in [0.717, 1.165) is 24.1 Å². The number of hydrogen-bond acceptors (Lipinski definition) is 4. The molecule has 0 radical (unpaired) electrons. The molecule has 2 aromatic rings. The van der Waals surface area contributed by atoms with Crippen molar-refractivity contribution in [1.82, 2.24) is 14.9 Å². The number of aliphatic carboxylic acids is 1. The molecule has 1 saturated carbocycles. The molecule has 1 aromatic heterocycles. The molecule has 1 aromatic carbocycles. The van der Waals surface area contributed by atoms with E-state index in [-0.39, 0.29) is 19.1 Å². The predicted octanol–water partition coefficient (Wildman–Crippen LogP) is 2.66. The number of amides is 1. The molecule has 26 heavy (non-hydrogen) atoms. The Balaban J connectivity index is 1.74. The maximum absolute atomic E-state index is 12.3. The normalized spacial score (nSPS) is 15.9. The highest BCUT2D eigenvalue weighted by molar-refractivity contribution is 5.85. The Hall–Kier alpha value is -2.83. The van der Waals surface area contributed by atoms with E-state index in [0.29, 0.717) is 5.82 Å². The van der Waals surface area contributed by atoms with Crippen LogP contribution in [0.25, 0.3) is 0 Å². The minimum Gasteiger partial charge on any atom is -0.479 e. The number of carboxylic acid groups (broad SMARTS) is 1. The molecule has 1 amide bonds. The minimum atomic E-state index is -1.40. The summed E-state index contributed by atoms with van der Waals surface area (Å²) in [7, 11) is 0. The van der Waals surface area contributed by atoms with Gasteiger partial charge in [0.25, 0.3) is 0 Å². The number of alkyl carbamates (subject to hydrolysis) is 1. The third-order valence-corrected chi connectivity index (χ3v) is 4.71. The monoisotopic (exact) mass is 357 g/mol. The summed E-state index contributed by atoms with van der Waals surface area (Å²) in [5.74, 6) is -0.456. The number of aromatic nitrogens is 2. The van der Waals surface area contributed by atoms with Crippen molar-refractivity contribution in [2.45, 2.75) is 45.4 Å². The Morgan fingerprint density at radius 3 is 2.54 bits per heavy atom. The lowest BCUT2D eigenvalue weighted by Gasteiger charge is -2.31. The van der Waals surface area contributed by atoms with E-state index in [2.05, 4.69) is 10.3 Å². The second kappa shape index (κ2) is 7.19. The largest absolute Gasteiger partial charge is 0.479 e. The van der Waals surface area contributed by atoms with Crippen LogP contribution in [0.2, 0.25) is 0 Å². The van der Waals surface area contributed by atoms with Gasteiger partial charge in [0, 0.05) is 6.20 Å². The fourth-order valence-electron chi connectivity index (χ4n) is 3.18. The van der Waals surface area contributed by atoms with E-state index in [9.17, 15) is 14.7 Å². The first-order valence-corrected chi connectivity index (χ1v) is 8.63. The Labute approximate surface area is 152 Å². The summed E-state index contributed by atoms with van der Waals surface area (Å²) in [6.07, 6.45) is 2.60. The van der Waals surface area contributed by atoms with E-state index in [4.69, 9.17) is 4.74 Å². The zero-order valence-electron chi connectivity index (χ0n) is 14.9. The number of nitrogens with zero attached hydrogens (tertiary/aromatic N) is 2. The Morgan fingerprint density at radius 1 is 1.31 bits per heavy atom. The molecular weight excluding hydrogens is 334 g/mol. The van der Waals surface area contributed by atoms with Crippen molar-refractivity contribution in [2.24, 2.45) is 5.92 Å². The van der Waals surface area contributed by atoms with Gasteiger partial charge in [0.05, 0.1) is 12.2 Å². The zero-order valence-corrected chi connectivity index (χ0v) is 14.9. The van der Waals surface area contributed by atoms with Crippen LogP contribution in [0.15, 0.2) is 36.5 Å². The summed E-state index contributed by atoms with van der Waals surface area (Å²) >= 11 is 0. The van der Waals surface area contributed by atoms with Crippen LogP contribution in [0.5, 0.6) is 0 Å². The van der Waals surface area contributed by atoms with Crippen molar-refractivity contribution in [3.05, 3.63) is 53.6 Å². The number of ether oxygens (including phenoxy) is 1. The van der Waals surface area contributed by atoms with Gasteiger partial charge >= 0.3 is 12.1 Å². The van der Waals surface area contributed by atoms with E-state index in [1.807, 2.05) is 44.2 Å². The van der Waals surface area contributed by atoms with Crippen LogP contribution in [0.4, 0.5) is 4.79 Å². The molecule has 0 bridgehead atoms. The van der Waals surface area contributed by atoms with Crippen LogP contribution < -0.4 is 5.32 Å². The number of aryl methyl sites for hydroxylation is 2. The number of rotatable bonds is 7. The van der Waals surface area contributed by atoms with E-state index < -0.39 is 17.6 Å².